The van der Waals surface area contributed by atoms with Gasteiger partial charge in [-0.2, -0.15) is 5.26 Å². The van der Waals surface area contributed by atoms with E-state index >= 15 is 0 Å². The van der Waals surface area contributed by atoms with E-state index < -0.39 is 12.2 Å². The molecule has 0 bridgehead atoms. The van der Waals surface area contributed by atoms with Crippen molar-refractivity contribution in [3.8, 4) is 6.07 Å². The lowest BCUT2D eigenvalue weighted by molar-refractivity contribution is -0.145. The van der Waals surface area contributed by atoms with Crippen LogP contribution in [-0.4, -0.2) is 69.4 Å². The summed E-state index contributed by atoms with van der Waals surface area (Å²) in [6.07, 6.45) is 4.04. The van der Waals surface area contributed by atoms with Crippen molar-refractivity contribution in [2.24, 2.45) is 10.9 Å². The number of rotatable bonds is 14. The molecule has 1 aliphatic carbocycles. The van der Waals surface area contributed by atoms with E-state index in [4.69, 9.17) is 18.9 Å². The zero-order valence-electron chi connectivity index (χ0n) is 17.7. The van der Waals surface area contributed by atoms with Crippen LogP contribution in [0.4, 0.5) is 0 Å². The van der Waals surface area contributed by atoms with Crippen LogP contribution in [0.15, 0.2) is 16.6 Å². The standard InChI is InChI=1S/C21H36N2O5/c1-5-26-16(2)14-27-17(3)15-28-21(24)20(13-22)18-8-6-9-19(12-18)23-10-7-11-25-4/h12,16-17,20-21,24H,5-11,14-15H2,1-4H3. The summed E-state index contributed by atoms with van der Waals surface area (Å²) >= 11 is 0. The molecular formula is C21H36N2O5. The van der Waals surface area contributed by atoms with E-state index in [0.717, 1.165) is 37.0 Å². The van der Waals surface area contributed by atoms with Crippen LogP contribution in [0.5, 0.6) is 0 Å². The van der Waals surface area contributed by atoms with Gasteiger partial charge in [0.25, 0.3) is 0 Å². The summed E-state index contributed by atoms with van der Waals surface area (Å²) in [7, 11) is 1.68. The molecule has 0 aromatic heterocycles. The van der Waals surface area contributed by atoms with E-state index in [1.54, 1.807) is 7.11 Å². The highest BCUT2D eigenvalue weighted by Gasteiger charge is 2.26. The van der Waals surface area contributed by atoms with Gasteiger partial charge in [0.2, 0.25) is 0 Å². The fourth-order valence-corrected chi connectivity index (χ4v) is 2.97. The maximum atomic E-state index is 10.4. The van der Waals surface area contributed by atoms with Crippen molar-refractivity contribution in [3.63, 3.8) is 0 Å². The van der Waals surface area contributed by atoms with Crippen LogP contribution in [0.2, 0.25) is 0 Å². The molecule has 0 heterocycles. The second-order valence-corrected chi connectivity index (χ2v) is 7.03. The topological polar surface area (TPSA) is 93.3 Å². The molecule has 0 fully saturated rings. The number of aliphatic hydroxyl groups is 1. The number of hydrogen-bond acceptors (Lipinski definition) is 7. The number of nitrogens with zero attached hydrogens (tertiary/aromatic N) is 2. The summed E-state index contributed by atoms with van der Waals surface area (Å²) in [6.45, 7) is 8.47. The Morgan fingerprint density at radius 2 is 1.89 bits per heavy atom. The van der Waals surface area contributed by atoms with Crippen molar-refractivity contribution in [3.05, 3.63) is 11.6 Å². The van der Waals surface area contributed by atoms with Crippen LogP contribution in [0.1, 0.15) is 46.5 Å². The lowest BCUT2D eigenvalue weighted by atomic mass is 9.88. The Kier molecular flexibility index (Phi) is 13.0. The van der Waals surface area contributed by atoms with E-state index in [1.807, 2.05) is 26.8 Å². The second-order valence-electron chi connectivity index (χ2n) is 7.03. The highest BCUT2D eigenvalue weighted by Crippen LogP contribution is 2.26. The van der Waals surface area contributed by atoms with Crippen LogP contribution in [-0.2, 0) is 18.9 Å². The molecule has 0 amide bonds. The largest absolute Gasteiger partial charge is 0.385 e. The van der Waals surface area contributed by atoms with Gasteiger partial charge in [-0.1, -0.05) is 0 Å². The van der Waals surface area contributed by atoms with Crippen molar-refractivity contribution in [2.45, 2.75) is 65.0 Å². The minimum atomic E-state index is -1.18. The first-order valence-electron chi connectivity index (χ1n) is 10.2. The molecular weight excluding hydrogens is 360 g/mol. The van der Waals surface area contributed by atoms with Crippen molar-refractivity contribution in [1.29, 1.82) is 5.26 Å². The van der Waals surface area contributed by atoms with E-state index in [-0.39, 0.29) is 18.8 Å². The summed E-state index contributed by atoms with van der Waals surface area (Å²) in [5, 5.41) is 19.9. The fraction of sp³-hybridized carbons (Fsp3) is 0.810. The molecule has 0 saturated carbocycles. The Balaban J connectivity index is 2.51. The predicted octanol–water partition coefficient (Wildman–Crippen LogP) is 2.88. The number of ether oxygens (including phenoxy) is 4. The van der Waals surface area contributed by atoms with Gasteiger partial charge in [-0.25, -0.2) is 0 Å². The Morgan fingerprint density at radius 3 is 2.57 bits per heavy atom. The van der Waals surface area contributed by atoms with Crippen LogP contribution in [0.25, 0.3) is 0 Å². The molecule has 0 radical (unpaired) electrons. The average Bonchev–Trinajstić information content (AvgIpc) is 2.69. The van der Waals surface area contributed by atoms with Gasteiger partial charge in [-0.15, -0.1) is 0 Å². The smallest absolute Gasteiger partial charge is 0.174 e. The Labute approximate surface area is 169 Å². The third kappa shape index (κ3) is 9.76. The van der Waals surface area contributed by atoms with Crippen LogP contribution in [0, 0.1) is 17.2 Å². The molecule has 0 aromatic rings. The van der Waals surface area contributed by atoms with Crippen molar-refractivity contribution in [2.75, 3.05) is 40.1 Å². The number of nitriles is 1. The van der Waals surface area contributed by atoms with Gasteiger partial charge < -0.3 is 24.1 Å². The van der Waals surface area contributed by atoms with Gasteiger partial charge in [0.05, 0.1) is 31.5 Å². The molecule has 0 spiro atoms. The van der Waals surface area contributed by atoms with Crippen molar-refractivity contribution in [1.82, 2.24) is 0 Å². The Bertz CT molecular complexity index is 529. The lowest BCUT2D eigenvalue weighted by Crippen LogP contribution is -2.30. The summed E-state index contributed by atoms with van der Waals surface area (Å²) in [4.78, 5) is 4.57. The molecule has 4 atom stereocenters. The number of aliphatic imine (C=N–C) groups is 1. The molecule has 0 aromatic carbocycles. The molecule has 28 heavy (non-hydrogen) atoms. The van der Waals surface area contributed by atoms with E-state index in [1.165, 1.54) is 0 Å². The molecule has 7 nitrogen and oxygen atoms in total. The average molecular weight is 397 g/mol. The van der Waals surface area contributed by atoms with Crippen LogP contribution < -0.4 is 0 Å². The second kappa shape index (κ2) is 14.7. The normalized spacial score (nSPS) is 20.3. The Morgan fingerprint density at radius 1 is 1.18 bits per heavy atom. The van der Waals surface area contributed by atoms with Crippen LogP contribution in [0.3, 0.4) is 0 Å². The summed E-state index contributed by atoms with van der Waals surface area (Å²) in [5.41, 5.74) is 1.86. The first-order valence-corrected chi connectivity index (χ1v) is 10.2. The quantitative estimate of drug-likeness (QED) is 0.358. The highest BCUT2D eigenvalue weighted by atomic mass is 16.6. The van der Waals surface area contributed by atoms with Crippen molar-refractivity contribution >= 4 is 5.71 Å². The minimum Gasteiger partial charge on any atom is -0.385 e. The molecule has 160 valence electrons. The van der Waals surface area contributed by atoms with Gasteiger partial charge in [0, 0.05) is 32.6 Å². The minimum absolute atomic E-state index is 0.0122. The number of hydrogen-bond donors (Lipinski definition) is 1. The molecule has 1 aliphatic rings. The fourth-order valence-electron chi connectivity index (χ4n) is 2.97. The number of aliphatic hydroxyl groups excluding tert-OH is 1. The van der Waals surface area contributed by atoms with Gasteiger partial charge >= 0.3 is 0 Å². The number of allylic oxidation sites excluding steroid dienone is 1. The maximum Gasteiger partial charge on any atom is 0.174 e. The zero-order valence-corrected chi connectivity index (χ0v) is 17.7. The first-order chi connectivity index (χ1) is 13.5. The zero-order chi connectivity index (χ0) is 20.8. The first kappa shape index (κ1) is 24.7. The van der Waals surface area contributed by atoms with E-state index in [9.17, 15) is 10.4 Å². The summed E-state index contributed by atoms with van der Waals surface area (Å²) in [5.74, 6) is -0.695. The predicted molar refractivity (Wildman–Crippen MR) is 108 cm³/mol. The lowest BCUT2D eigenvalue weighted by Gasteiger charge is -2.24. The highest BCUT2D eigenvalue weighted by molar-refractivity contribution is 5.96. The van der Waals surface area contributed by atoms with Gasteiger partial charge in [-0.05, 0) is 58.1 Å². The molecule has 0 saturated heterocycles. The van der Waals surface area contributed by atoms with Gasteiger partial charge in [0.1, 0.15) is 5.92 Å². The molecule has 4 unspecified atom stereocenters. The summed E-state index contributed by atoms with van der Waals surface area (Å²) in [6, 6.07) is 2.18. The van der Waals surface area contributed by atoms with Gasteiger partial charge in [0.15, 0.2) is 6.29 Å². The summed E-state index contributed by atoms with van der Waals surface area (Å²) < 4.78 is 21.6. The van der Waals surface area contributed by atoms with Gasteiger partial charge in [-0.3, -0.25) is 4.99 Å². The molecule has 1 rings (SSSR count). The maximum absolute atomic E-state index is 10.4. The van der Waals surface area contributed by atoms with E-state index in [2.05, 4.69) is 11.1 Å². The number of methoxy groups -OCH3 is 1. The SMILES string of the molecule is CCOC(C)COC(C)COC(O)C(C#N)C1=CC(=NCCCOC)CCC1. The Hall–Kier alpha value is -1.30. The third-order valence-electron chi connectivity index (χ3n) is 4.46. The third-order valence-corrected chi connectivity index (χ3v) is 4.46. The molecule has 0 aliphatic heterocycles. The monoisotopic (exact) mass is 396 g/mol. The van der Waals surface area contributed by atoms with Crippen molar-refractivity contribution < 1.29 is 24.1 Å². The van der Waals surface area contributed by atoms with E-state index in [0.29, 0.717) is 26.4 Å². The van der Waals surface area contributed by atoms with Crippen LogP contribution >= 0.6 is 0 Å². The molecule has 1 N–H and O–H groups in total. The molecule has 7 heteroatoms.